The van der Waals surface area contributed by atoms with Crippen molar-refractivity contribution in [3.8, 4) is 0 Å². The van der Waals surface area contributed by atoms with E-state index >= 15 is 0 Å². The van der Waals surface area contributed by atoms with Gasteiger partial charge in [-0.1, -0.05) is 31.5 Å². The third-order valence-corrected chi connectivity index (χ3v) is 3.49. The number of nitrogens with one attached hydrogen (secondary N) is 2. The average Bonchev–Trinajstić information content (AvgIpc) is 2.36. The summed E-state index contributed by atoms with van der Waals surface area (Å²) in [5.74, 6) is -0.805. The monoisotopic (exact) mass is 271 g/mol. The molecule has 102 valence electrons. The fourth-order valence-corrected chi connectivity index (χ4v) is 2.34. The van der Waals surface area contributed by atoms with Crippen LogP contribution in [0.2, 0.25) is 0 Å². The Hall–Kier alpha value is -1.17. The molecule has 6 heteroatoms. The van der Waals surface area contributed by atoms with E-state index < -0.39 is 11.8 Å². The minimum Gasteiger partial charge on any atom is -0.392 e. The lowest BCUT2D eigenvalue weighted by atomic mass is 9.84. The Balaban J connectivity index is 2.33. The fourth-order valence-electron chi connectivity index (χ4n) is 2.27. The molecule has 1 atom stereocenters. The van der Waals surface area contributed by atoms with Gasteiger partial charge in [-0.25, -0.2) is 0 Å². The van der Waals surface area contributed by atoms with Crippen molar-refractivity contribution in [2.24, 2.45) is 11.7 Å². The molecule has 0 aliphatic heterocycles. The van der Waals surface area contributed by atoms with Crippen LogP contribution in [-0.2, 0) is 9.59 Å². The van der Waals surface area contributed by atoms with E-state index in [9.17, 15) is 9.59 Å². The molecule has 1 saturated carbocycles. The third kappa shape index (κ3) is 5.00. The molecule has 18 heavy (non-hydrogen) atoms. The maximum atomic E-state index is 11.6. The molecule has 0 saturated heterocycles. The SMILES string of the molecule is CC(NC(=O)C(=O)NCC(N)=S)C1CCCCC1. The first-order valence-corrected chi connectivity index (χ1v) is 6.78. The van der Waals surface area contributed by atoms with E-state index in [4.69, 9.17) is 5.73 Å². The normalized spacial score (nSPS) is 17.8. The molecular formula is C12H21N3O2S. The lowest BCUT2D eigenvalue weighted by Crippen LogP contribution is -2.47. The standard InChI is InChI=1S/C12H21N3O2S/c1-8(9-5-3-2-4-6-9)15-12(17)11(16)14-7-10(13)18/h8-9H,2-7H2,1H3,(H2,13,18)(H,14,16)(H,15,17). The van der Waals surface area contributed by atoms with Gasteiger partial charge in [0.25, 0.3) is 0 Å². The molecule has 4 N–H and O–H groups in total. The van der Waals surface area contributed by atoms with Gasteiger partial charge in [-0.3, -0.25) is 9.59 Å². The van der Waals surface area contributed by atoms with Gasteiger partial charge in [-0.2, -0.15) is 0 Å². The molecule has 1 rings (SSSR count). The minimum atomic E-state index is -0.676. The summed E-state index contributed by atoms with van der Waals surface area (Å²) in [4.78, 5) is 23.2. The second kappa shape index (κ2) is 7.31. The number of hydrogen-bond donors (Lipinski definition) is 3. The topological polar surface area (TPSA) is 84.2 Å². The predicted octanol–water partition coefficient (Wildman–Crippen LogP) is 0.474. The van der Waals surface area contributed by atoms with E-state index in [-0.39, 0.29) is 17.6 Å². The van der Waals surface area contributed by atoms with Crippen LogP contribution in [0.3, 0.4) is 0 Å². The van der Waals surface area contributed by atoms with E-state index in [2.05, 4.69) is 22.9 Å². The Kier molecular flexibility index (Phi) is 6.04. The zero-order chi connectivity index (χ0) is 13.5. The van der Waals surface area contributed by atoms with Crippen molar-refractivity contribution in [2.75, 3.05) is 6.54 Å². The lowest BCUT2D eigenvalue weighted by Gasteiger charge is -2.28. The van der Waals surface area contributed by atoms with Crippen LogP contribution >= 0.6 is 12.2 Å². The summed E-state index contributed by atoms with van der Waals surface area (Å²) in [7, 11) is 0. The molecule has 0 bridgehead atoms. The Labute approximate surface area is 113 Å². The van der Waals surface area contributed by atoms with Gasteiger partial charge in [-0.05, 0) is 25.7 Å². The van der Waals surface area contributed by atoms with E-state index in [0.717, 1.165) is 12.8 Å². The van der Waals surface area contributed by atoms with Crippen molar-refractivity contribution >= 4 is 29.0 Å². The van der Waals surface area contributed by atoms with Gasteiger partial charge in [0.2, 0.25) is 0 Å². The molecule has 0 heterocycles. The van der Waals surface area contributed by atoms with Crippen molar-refractivity contribution in [3.05, 3.63) is 0 Å². The van der Waals surface area contributed by atoms with Crippen LogP contribution in [-0.4, -0.2) is 29.4 Å². The van der Waals surface area contributed by atoms with Gasteiger partial charge in [0, 0.05) is 6.04 Å². The van der Waals surface area contributed by atoms with Gasteiger partial charge in [-0.15, -0.1) is 0 Å². The molecule has 1 fully saturated rings. The highest BCUT2D eigenvalue weighted by Gasteiger charge is 2.23. The van der Waals surface area contributed by atoms with Crippen molar-refractivity contribution < 1.29 is 9.59 Å². The smallest absolute Gasteiger partial charge is 0.309 e. The zero-order valence-electron chi connectivity index (χ0n) is 10.7. The first-order valence-electron chi connectivity index (χ1n) is 6.37. The van der Waals surface area contributed by atoms with E-state index in [0.29, 0.717) is 5.92 Å². The van der Waals surface area contributed by atoms with E-state index in [1.807, 2.05) is 6.92 Å². The molecular weight excluding hydrogens is 250 g/mol. The second-order valence-corrected chi connectivity index (χ2v) is 5.33. The van der Waals surface area contributed by atoms with Crippen molar-refractivity contribution in [3.63, 3.8) is 0 Å². The fraction of sp³-hybridized carbons (Fsp3) is 0.750. The Morgan fingerprint density at radius 1 is 1.28 bits per heavy atom. The molecule has 1 unspecified atom stereocenters. The van der Waals surface area contributed by atoms with Gasteiger partial charge >= 0.3 is 11.8 Å². The summed E-state index contributed by atoms with van der Waals surface area (Å²) in [5, 5.41) is 5.11. The van der Waals surface area contributed by atoms with Crippen LogP contribution in [0.1, 0.15) is 39.0 Å². The van der Waals surface area contributed by atoms with Crippen molar-refractivity contribution in [2.45, 2.75) is 45.1 Å². The summed E-state index contributed by atoms with van der Waals surface area (Å²) in [6.45, 7) is 2.01. The van der Waals surface area contributed by atoms with E-state index in [1.165, 1.54) is 19.3 Å². The van der Waals surface area contributed by atoms with Crippen LogP contribution < -0.4 is 16.4 Å². The number of thiocarbonyl (C=S) groups is 1. The third-order valence-electron chi connectivity index (χ3n) is 3.35. The summed E-state index contributed by atoms with van der Waals surface area (Å²) in [6, 6.07) is 0.0355. The summed E-state index contributed by atoms with van der Waals surface area (Å²) in [6.07, 6.45) is 5.93. The average molecular weight is 271 g/mol. The predicted molar refractivity (Wildman–Crippen MR) is 74.0 cm³/mol. The molecule has 5 nitrogen and oxygen atoms in total. The lowest BCUT2D eigenvalue weighted by molar-refractivity contribution is -0.139. The number of carbonyl (C=O) groups excluding carboxylic acids is 2. The summed E-state index contributed by atoms with van der Waals surface area (Å²) < 4.78 is 0. The summed E-state index contributed by atoms with van der Waals surface area (Å²) in [5.41, 5.74) is 5.24. The highest BCUT2D eigenvalue weighted by molar-refractivity contribution is 7.80. The van der Waals surface area contributed by atoms with Crippen LogP contribution in [0, 0.1) is 5.92 Å². The Morgan fingerprint density at radius 3 is 2.44 bits per heavy atom. The van der Waals surface area contributed by atoms with Crippen molar-refractivity contribution in [1.82, 2.24) is 10.6 Å². The summed E-state index contributed by atoms with van der Waals surface area (Å²) >= 11 is 4.62. The zero-order valence-corrected chi connectivity index (χ0v) is 11.5. The largest absolute Gasteiger partial charge is 0.392 e. The second-order valence-electron chi connectivity index (χ2n) is 4.81. The Morgan fingerprint density at radius 2 is 1.89 bits per heavy atom. The molecule has 0 aromatic rings. The van der Waals surface area contributed by atoms with Gasteiger partial charge in [0.05, 0.1) is 11.5 Å². The van der Waals surface area contributed by atoms with Crippen LogP contribution in [0.25, 0.3) is 0 Å². The molecule has 2 amide bonds. The van der Waals surface area contributed by atoms with Crippen molar-refractivity contribution in [1.29, 1.82) is 0 Å². The number of carbonyl (C=O) groups is 2. The van der Waals surface area contributed by atoms with Crippen LogP contribution in [0.15, 0.2) is 0 Å². The minimum absolute atomic E-state index is 0.0355. The quantitative estimate of drug-likeness (QED) is 0.513. The number of hydrogen-bond acceptors (Lipinski definition) is 3. The number of amides is 2. The Bertz CT molecular complexity index is 327. The first-order chi connectivity index (χ1) is 8.50. The van der Waals surface area contributed by atoms with Gasteiger partial charge < -0.3 is 16.4 Å². The molecule has 0 aromatic carbocycles. The molecule has 0 aromatic heterocycles. The van der Waals surface area contributed by atoms with Gasteiger partial charge in [0.15, 0.2) is 0 Å². The number of nitrogens with two attached hydrogens (primary N) is 1. The molecule has 1 aliphatic carbocycles. The highest BCUT2D eigenvalue weighted by atomic mass is 32.1. The van der Waals surface area contributed by atoms with Gasteiger partial charge in [0.1, 0.15) is 0 Å². The number of rotatable bonds is 4. The molecule has 0 radical (unpaired) electrons. The molecule has 1 aliphatic rings. The van der Waals surface area contributed by atoms with E-state index in [1.54, 1.807) is 0 Å². The van der Waals surface area contributed by atoms with Crippen LogP contribution in [0.5, 0.6) is 0 Å². The molecule has 0 spiro atoms. The first kappa shape index (κ1) is 14.9. The maximum Gasteiger partial charge on any atom is 0.309 e. The highest BCUT2D eigenvalue weighted by Crippen LogP contribution is 2.26. The maximum absolute atomic E-state index is 11.6. The van der Waals surface area contributed by atoms with Crippen LogP contribution in [0.4, 0.5) is 0 Å².